The van der Waals surface area contributed by atoms with Crippen LogP contribution in [0.5, 0.6) is 0 Å². The highest BCUT2D eigenvalue weighted by Gasteiger charge is 2.35. The van der Waals surface area contributed by atoms with Crippen LogP contribution in [-0.2, 0) is 9.53 Å². The van der Waals surface area contributed by atoms with E-state index in [4.69, 9.17) is 10.5 Å². The molecule has 15 heavy (non-hydrogen) atoms. The van der Waals surface area contributed by atoms with Crippen LogP contribution < -0.4 is 5.73 Å². The molecule has 2 aliphatic heterocycles. The first-order chi connectivity index (χ1) is 7.09. The highest BCUT2D eigenvalue weighted by Crippen LogP contribution is 2.31. The van der Waals surface area contributed by atoms with Crippen LogP contribution >= 0.6 is 0 Å². The summed E-state index contributed by atoms with van der Waals surface area (Å²) >= 11 is 0. The third-order valence-corrected chi connectivity index (χ3v) is 3.52. The number of nitrogens with zero attached hydrogens (tertiary/aromatic N) is 1. The lowest BCUT2D eigenvalue weighted by Crippen LogP contribution is -2.41. The quantitative estimate of drug-likeness (QED) is 0.719. The minimum Gasteiger partial charge on any atom is -0.381 e. The molecule has 4 heteroatoms. The number of amides is 1. The van der Waals surface area contributed by atoms with Crippen molar-refractivity contribution in [1.82, 2.24) is 4.90 Å². The van der Waals surface area contributed by atoms with E-state index in [9.17, 15) is 4.79 Å². The van der Waals surface area contributed by atoms with E-state index in [-0.39, 0.29) is 17.4 Å². The van der Waals surface area contributed by atoms with Gasteiger partial charge < -0.3 is 15.4 Å². The molecule has 2 aliphatic rings. The number of ether oxygens (including phenoxy) is 1. The largest absolute Gasteiger partial charge is 0.381 e. The fraction of sp³-hybridized carbons (Fsp3) is 0.909. The summed E-state index contributed by atoms with van der Waals surface area (Å²) in [7, 11) is 0. The third-order valence-electron chi connectivity index (χ3n) is 3.52. The van der Waals surface area contributed by atoms with Crippen LogP contribution in [0.1, 0.15) is 26.2 Å². The van der Waals surface area contributed by atoms with Crippen LogP contribution in [0, 0.1) is 5.41 Å². The zero-order valence-corrected chi connectivity index (χ0v) is 9.37. The van der Waals surface area contributed by atoms with Crippen LogP contribution in [0.25, 0.3) is 0 Å². The van der Waals surface area contributed by atoms with Gasteiger partial charge in [0.25, 0.3) is 0 Å². The predicted octanol–water partition coefficient (Wildman–Crippen LogP) is 0.363. The van der Waals surface area contributed by atoms with Gasteiger partial charge in [-0.25, -0.2) is 0 Å². The first-order valence-electron chi connectivity index (χ1n) is 5.70. The molecule has 2 heterocycles. The molecule has 0 bridgehead atoms. The summed E-state index contributed by atoms with van der Waals surface area (Å²) in [5.74, 6) is 0.218. The molecule has 2 fully saturated rings. The van der Waals surface area contributed by atoms with Gasteiger partial charge in [0.1, 0.15) is 0 Å². The Balaban J connectivity index is 1.92. The van der Waals surface area contributed by atoms with Crippen molar-refractivity contribution in [3.63, 3.8) is 0 Å². The number of carbonyl (C=O) groups is 1. The first-order valence-corrected chi connectivity index (χ1v) is 5.70. The number of hydrogen-bond acceptors (Lipinski definition) is 3. The lowest BCUT2D eigenvalue weighted by atomic mass is 9.82. The fourth-order valence-electron chi connectivity index (χ4n) is 2.44. The molecule has 2 N–H and O–H groups in total. The highest BCUT2D eigenvalue weighted by atomic mass is 16.5. The normalized spacial score (nSPS) is 30.9. The Bertz CT molecular complexity index is 249. The maximum atomic E-state index is 11.6. The third kappa shape index (κ3) is 2.49. The van der Waals surface area contributed by atoms with Gasteiger partial charge in [-0.3, -0.25) is 4.79 Å². The second kappa shape index (κ2) is 4.10. The van der Waals surface area contributed by atoms with E-state index < -0.39 is 0 Å². The fourth-order valence-corrected chi connectivity index (χ4v) is 2.44. The summed E-state index contributed by atoms with van der Waals surface area (Å²) in [6.07, 6.45) is 2.62. The molecule has 0 radical (unpaired) electrons. The zero-order chi connectivity index (χ0) is 10.9. The maximum Gasteiger partial charge on any atom is 0.224 e. The van der Waals surface area contributed by atoms with Gasteiger partial charge in [-0.05, 0) is 18.3 Å². The van der Waals surface area contributed by atoms with Crippen molar-refractivity contribution in [1.29, 1.82) is 0 Å². The van der Waals surface area contributed by atoms with Crippen LogP contribution in [0.15, 0.2) is 0 Å². The number of nitrogens with two attached hydrogens (primary N) is 1. The summed E-state index contributed by atoms with van der Waals surface area (Å²) in [6, 6.07) is 0.0425. The smallest absolute Gasteiger partial charge is 0.224 e. The molecule has 0 saturated carbocycles. The van der Waals surface area contributed by atoms with Crippen molar-refractivity contribution in [3.8, 4) is 0 Å². The van der Waals surface area contributed by atoms with Crippen LogP contribution in [0.3, 0.4) is 0 Å². The minimum atomic E-state index is 0.0425. The van der Waals surface area contributed by atoms with Gasteiger partial charge >= 0.3 is 0 Å². The molecular formula is C11H20N2O2. The Hall–Kier alpha value is -0.610. The molecule has 1 atom stereocenters. The standard InChI is InChI=1S/C11H20N2O2/c1-11(2-4-15-5-3-11)8-13-7-9(12)6-10(13)14/h9H,2-8,12H2,1H3. The molecule has 0 spiro atoms. The summed E-state index contributed by atoms with van der Waals surface area (Å²) in [6.45, 7) is 5.47. The number of rotatable bonds is 2. The Morgan fingerprint density at radius 3 is 2.73 bits per heavy atom. The molecule has 2 saturated heterocycles. The average Bonchev–Trinajstić information content (AvgIpc) is 2.45. The van der Waals surface area contributed by atoms with Crippen molar-refractivity contribution < 1.29 is 9.53 Å². The van der Waals surface area contributed by atoms with Gasteiger partial charge in [0, 0.05) is 38.8 Å². The van der Waals surface area contributed by atoms with E-state index >= 15 is 0 Å². The van der Waals surface area contributed by atoms with Crippen molar-refractivity contribution in [2.75, 3.05) is 26.3 Å². The highest BCUT2D eigenvalue weighted by molar-refractivity contribution is 5.79. The second-order valence-corrected chi connectivity index (χ2v) is 5.16. The molecule has 0 aromatic heterocycles. The molecular weight excluding hydrogens is 192 g/mol. The van der Waals surface area contributed by atoms with Gasteiger partial charge in [-0.1, -0.05) is 6.92 Å². The molecule has 86 valence electrons. The summed E-state index contributed by atoms with van der Waals surface area (Å²) < 4.78 is 5.35. The second-order valence-electron chi connectivity index (χ2n) is 5.16. The zero-order valence-electron chi connectivity index (χ0n) is 9.37. The van der Waals surface area contributed by atoms with Gasteiger partial charge in [-0.2, -0.15) is 0 Å². The predicted molar refractivity (Wildman–Crippen MR) is 57.3 cm³/mol. The molecule has 4 nitrogen and oxygen atoms in total. The van der Waals surface area contributed by atoms with E-state index in [2.05, 4.69) is 6.92 Å². The van der Waals surface area contributed by atoms with Crippen LogP contribution in [-0.4, -0.2) is 43.2 Å². The number of likely N-dealkylation sites (tertiary alicyclic amines) is 1. The van der Waals surface area contributed by atoms with Crippen molar-refractivity contribution in [2.45, 2.75) is 32.2 Å². The molecule has 0 aromatic carbocycles. The van der Waals surface area contributed by atoms with Gasteiger partial charge in [0.15, 0.2) is 0 Å². The minimum absolute atomic E-state index is 0.0425. The van der Waals surface area contributed by atoms with Crippen LogP contribution in [0.2, 0.25) is 0 Å². The first kappa shape index (κ1) is 10.9. The van der Waals surface area contributed by atoms with E-state index in [0.29, 0.717) is 6.42 Å². The molecule has 0 aliphatic carbocycles. The van der Waals surface area contributed by atoms with Gasteiger partial charge in [0.2, 0.25) is 5.91 Å². The number of carbonyl (C=O) groups excluding carboxylic acids is 1. The monoisotopic (exact) mass is 212 g/mol. The van der Waals surface area contributed by atoms with E-state index in [1.165, 1.54) is 0 Å². The maximum absolute atomic E-state index is 11.6. The Morgan fingerprint density at radius 2 is 2.20 bits per heavy atom. The molecule has 2 rings (SSSR count). The van der Waals surface area contributed by atoms with Gasteiger partial charge in [-0.15, -0.1) is 0 Å². The van der Waals surface area contributed by atoms with Crippen molar-refractivity contribution in [3.05, 3.63) is 0 Å². The van der Waals surface area contributed by atoms with E-state index in [1.54, 1.807) is 0 Å². The molecule has 1 amide bonds. The average molecular weight is 212 g/mol. The Labute approximate surface area is 90.8 Å². The van der Waals surface area contributed by atoms with Gasteiger partial charge in [0.05, 0.1) is 0 Å². The lowest BCUT2D eigenvalue weighted by molar-refractivity contribution is -0.129. The SMILES string of the molecule is CC1(CN2CC(N)CC2=O)CCOCC1. The molecule has 1 unspecified atom stereocenters. The van der Waals surface area contributed by atoms with Crippen LogP contribution in [0.4, 0.5) is 0 Å². The van der Waals surface area contributed by atoms with E-state index in [0.717, 1.165) is 39.1 Å². The van der Waals surface area contributed by atoms with Crippen molar-refractivity contribution in [2.24, 2.45) is 11.1 Å². The van der Waals surface area contributed by atoms with E-state index in [1.807, 2.05) is 4.90 Å². The van der Waals surface area contributed by atoms with Crippen molar-refractivity contribution >= 4 is 5.91 Å². The Morgan fingerprint density at radius 1 is 1.53 bits per heavy atom. The summed E-state index contributed by atoms with van der Waals surface area (Å²) in [4.78, 5) is 13.5. The Kier molecular flexibility index (Phi) is 2.98. The topological polar surface area (TPSA) is 55.6 Å². The molecule has 0 aromatic rings. The lowest BCUT2D eigenvalue weighted by Gasteiger charge is -2.36. The number of hydrogen-bond donors (Lipinski definition) is 1. The summed E-state index contributed by atoms with van der Waals surface area (Å²) in [5.41, 5.74) is 6.01. The summed E-state index contributed by atoms with van der Waals surface area (Å²) in [5, 5.41) is 0.